The van der Waals surface area contributed by atoms with Gasteiger partial charge in [0.25, 0.3) is 0 Å². The maximum atomic E-state index is 12.7. The fourth-order valence-corrected chi connectivity index (χ4v) is 3.39. The van der Waals surface area contributed by atoms with Crippen LogP contribution in [-0.4, -0.2) is 29.4 Å². The molecule has 1 aliphatic heterocycles. The molecule has 1 aromatic carbocycles. The van der Waals surface area contributed by atoms with Crippen molar-refractivity contribution >= 4 is 18.3 Å². The summed E-state index contributed by atoms with van der Waals surface area (Å²) in [4.78, 5) is 14.7. The third kappa shape index (κ3) is 5.22. The second kappa shape index (κ2) is 9.29. The molecule has 0 bridgehead atoms. The number of amides is 1. The molecule has 23 heavy (non-hydrogen) atoms. The Kier molecular flexibility index (Phi) is 8.07. The third-order valence-corrected chi connectivity index (χ3v) is 4.91. The van der Waals surface area contributed by atoms with E-state index in [2.05, 4.69) is 38.1 Å². The Morgan fingerprint density at radius 2 is 1.91 bits per heavy atom. The minimum Gasteiger partial charge on any atom is -0.338 e. The molecule has 0 saturated carbocycles. The molecule has 1 heterocycles. The first kappa shape index (κ1) is 20.0. The van der Waals surface area contributed by atoms with Gasteiger partial charge in [-0.15, -0.1) is 12.4 Å². The smallest absolute Gasteiger partial charge is 0.223 e. The Morgan fingerprint density at radius 3 is 2.48 bits per heavy atom. The maximum absolute atomic E-state index is 12.7. The summed E-state index contributed by atoms with van der Waals surface area (Å²) >= 11 is 0. The lowest BCUT2D eigenvalue weighted by Crippen LogP contribution is -2.51. The number of nitrogens with zero attached hydrogens (tertiary/aromatic N) is 1. The van der Waals surface area contributed by atoms with Gasteiger partial charge in [-0.25, -0.2) is 0 Å². The lowest BCUT2D eigenvalue weighted by Gasteiger charge is -2.38. The van der Waals surface area contributed by atoms with Gasteiger partial charge in [-0.3, -0.25) is 4.79 Å². The fraction of sp³-hybridized carbons (Fsp3) is 0.632. The quantitative estimate of drug-likeness (QED) is 0.885. The van der Waals surface area contributed by atoms with Crippen LogP contribution >= 0.6 is 12.4 Å². The van der Waals surface area contributed by atoms with Crippen LogP contribution in [0.2, 0.25) is 0 Å². The molecular weight excluding hydrogens is 308 g/mol. The summed E-state index contributed by atoms with van der Waals surface area (Å²) in [5.41, 5.74) is 8.67. The Bertz CT molecular complexity index is 487. The van der Waals surface area contributed by atoms with Crippen molar-refractivity contribution in [2.24, 2.45) is 5.73 Å². The number of rotatable bonds is 5. The zero-order chi connectivity index (χ0) is 16.1. The number of likely N-dealkylation sites (tertiary alicyclic amines) is 1. The van der Waals surface area contributed by atoms with E-state index in [1.165, 1.54) is 17.5 Å². The van der Waals surface area contributed by atoms with E-state index in [0.717, 1.165) is 25.8 Å². The van der Waals surface area contributed by atoms with E-state index in [-0.39, 0.29) is 36.3 Å². The molecule has 4 heteroatoms. The van der Waals surface area contributed by atoms with Crippen LogP contribution in [-0.2, 0) is 11.2 Å². The Hall–Kier alpha value is -1.06. The molecule has 3 unspecified atom stereocenters. The zero-order valence-electron chi connectivity index (χ0n) is 14.6. The molecule has 1 amide bonds. The minimum absolute atomic E-state index is 0. The van der Waals surface area contributed by atoms with Crippen molar-refractivity contribution in [1.29, 1.82) is 0 Å². The van der Waals surface area contributed by atoms with Crippen molar-refractivity contribution in [2.45, 2.75) is 70.9 Å². The van der Waals surface area contributed by atoms with Gasteiger partial charge in [0.1, 0.15) is 0 Å². The molecule has 0 aromatic heterocycles. The number of nitrogens with two attached hydrogens (primary N) is 1. The van der Waals surface area contributed by atoms with Crippen molar-refractivity contribution in [3.8, 4) is 0 Å². The summed E-state index contributed by atoms with van der Waals surface area (Å²) in [5, 5.41) is 0. The van der Waals surface area contributed by atoms with Gasteiger partial charge in [0.05, 0.1) is 0 Å². The molecule has 0 aliphatic carbocycles. The van der Waals surface area contributed by atoms with Gasteiger partial charge in [0.2, 0.25) is 5.91 Å². The van der Waals surface area contributed by atoms with E-state index in [1.807, 2.05) is 11.8 Å². The number of carbonyl (C=O) groups is 1. The first-order valence-electron chi connectivity index (χ1n) is 8.66. The maximum Gasteiger partial charge on any atom is 0.223 e. The van der Waals surface area contributed by atoms with E-state index in [1.54, 1.807) is 0 Å². The van der Waals surface area contributed by atoms with Crippen LogP contribution in [0.4, 0.5) is 0 Å². The number of aryl methyl sites for hydroxylation is 1. The van der Waals surface area contributed by atoms with Gasteiger partial charge in [-0.2, -0.15) is 0 Å². The van der Waals surface area contributed by atoms with Crippen LogP contribution in [0.5, 0.6) is 0 Å². The molecule has 1 aliphatic rings. The lowest BCUT2D eigenvalue weighted by atomic mass is 9.93. The number of halogens is 1. The summed E-state index contributed by atoms with van der Waals surface area (Å²) in [6.45, 7) is 7.19. The Morgan fingerprint density at radius 1 is 1.26 bits per heavy atom. The SMILES string of the molecule is CCc1ccc(C(C)CC(=O)N2CCCCC2C(C)N)cc1.Cl. The molecular formula is C19H31ClN2O. The lowest BCUT2D eigenvalue weighted by molar-refractivity contribution is -0.135. The van der Waals surface area contributed by atoms with Crippen LogP contribution < -0.4 is 5.73 Å². The normalized spacial score (nSPS) is 20.5. The summed E-state index contributed by atoms with van der Waals surface area (Å²) in [7, 11) is 0. The summed E-state index contributed by atoms with van der Waals surface area (Å²) < 4.78 is 0. The number of benzene rings is 1. The number of carbonyl (C=O) groups excluding carboxylic acids is 1. The second-order valence-corrected chi connectivity index (χ2v) is 6.71. The summed E-state index contributed by atoms with van der Waals surface area (Å²) in [5.74, 6) is 0.517. The highest BCUT2D eigenvalue weighted by Gasteiger charge is 2.29. The Balaban J connectivity index is 0.00000264. The van der Waals surface area contributed by atoms with E-state index in [4.69, 9.17) is 5.73 Å². The largest absolute Gasteiger partial charge is 0.338 e. The number of hydrogen-bond donors (Lipinski definition) is 1. The predicted octanol–water partition coefficient (Wildman–Crippen LogP) is 3.89. The average Bonchev–Trinajstić information content (AvgIpc) is 2.54. The minimum atomic E-state index is 0. The highest BCUT2D eigenvalue weighted by Crippen LogP contribution is 2.25. The van der Waals surface area contributed by atoms with Crippen LogP contribution in [0.15, 0.2) is 24.3 Å². The van der Waals surface area contributed by atoms with Crippen molar-refractivity contribution < 1.29 is 4.79 Å². The van der Waals surface area contributed by atoms with Crippen molar-refractivity contribution in [3.05, 3.63) is 35.4 Å². The molecule has 130 valence electrons. The van der Waals surface area contributed by atoms with E-state index in [0.29, 0.717) is 6.42 Å². The van der Waals surface area contributed by atoms with Crippen LogP contribution in [0.25, 0.3) is 0 Å². The van der Waals surface area contributed by atoms with Gasteiger partial charge < -0.3 is 10.6 Å². The van der Waals surface area contributed by atoms with E-state index in [9.17, 15) is 4.79 Å². The molecule has 2 rings (SSSR count). The van der Waals surface area contributed by atoms with Gasteiger partial charge in [-0.1, -0.05) is 38.1 Å². The van der Waals surface area contributed by atoms with Gasteiger partial charge in [-0.05, 0) is 49.7 Å². The molecule has 1 fully saturated rings. The van der Waals surface area contributed by atoms with Gasteiger partial charge in [0, 0.05) is 25.0 Å². The summed E-state index contributed by atoms with van der Waals surface area (Å²) in [6.07, 6.45) is 4.97. The van der Waals surface area contributed by atoms with Gasteiger partial charge in [0.15, 0.2) is 0 Å². The molecule has 3 atom stereocenters. The molecule has 1 aromatic rings. The molecule has 0 spiro atoms. The number of hydrogen-bond acceptors (Lipinski definition) is 2. The molecule has 3 nitrogen and oxygen atoms in total. The molecule has 0 radical (unpaired) electrons. The molecule has 2 N–H and O–H groups in total. The van der Waals surface area contributed by atoms with Crippen molar-refractivity contribution in [3.63, 3.8) is 0 Å². The first-order valence-corrected chi connectivity index (χ1v) is 8.66. The fourth-order valence-electron chi connectivity index (χ4n) is 3.39. The van der Waals surface area contributed by atoms with Crippen molar-refractivity contribution in [2.75, 3.05) is 6.54 Å². The van der Waals surface area contributed by atoms with E-state index >= 15 is 0 Å². The second-order valence-electron chi connectivity index (χ2n) is 6.71. The zero-order valence-corrected chi connectivity index (χ0v) is 15.4. The van der Waals surface area contributed by atoms with Crippen LogP contribution in [0.1, 0.15) is 63.5 Å². The predicted molar refractivity (Wildman–Crippen MR) is 99.1 cm³/mol. The average molecular weight is 339 g/mol. The topological polar surface area (TPSA) is 46.3 Å². The Labute approximate surface area is 147 Å². The van der Waals surface area contributed by atoms with Crippen molar-refractivity contribution in [1.82, 2.24) is 4.90 Å². The summed E-state index contributed by atoms with van der Waals surface area (Å²) in [6, 6.07) is 8.94. The number of piperidine rings is 1. The standard InChI is InChI=1S/C19H30N2O.ClH/c1-4-16-8-10-17(11-9-16)14(2)13-19(22)21-12-6-5-7-18(21)15(3)20;/h8-11,14-15,18H,4-7,12-13,20H2,1-3H3;1H. The molecule has 1 saturated heterocycles. The first-order chi connectivity index (χ1) is 10.5. The third-order valence-electron chi connectivity index (χ3n) is 4.91. The highest BCUT2D eigenvalue weighted by atomic mass is 35.5. The van der Waals surface area contributed by atoms with Crippen LogP contribution in [0.3, 0.4) is 0 Å². The van der Waals surface area contributed by atoms with E-state index < -0.39 is 0 Å². The monoisotopic (exact) mass is 338 g/mol. The highest BCUT2D eigenvalue weighted by molar-refractivity contribution is 5.85. The van der Waals surface area contributed by atoms with Crippen LogP contribution in [0, 0.1) is 0 Å². The van der Waals surface area contributed by atoms with Gasteiger partial charge >= 0.3 is 0 Å².